The van der Waals surface area contributed by atoms with Gasteiger partial charge in [0.05, 0.1) is 16.3 Å². The first-order chi connectivity index (χ1) is 14.4. The molecule has 0 radical (unpaired) electrons. The lowest BCUT2D eigenvalue weighted by atomic mass is 9.85. The van der Waals surface area contributed by atoms with Gasteiger partial charge in [-0.3, -0.25) is 9.48 Å². The summed E-state index contributed by atoms with van der Waals surface area (Å²) in [6, 6.07) is 10.7. The monoisotopic (exact) mass is 430 g/mol. The lowest BCUT2D eigenvalue weighted by molar-refractivity contribution is 0.0924. The molecule has 1 amide bonds. The van der Waals surface area contributed by atoms with Crippen molar-refractivity contribution in [3.63, 3.8) is 0 Å². The summed E-state index contributed by atoms with van der Waals surface area (Å²) in [6.07, 6.45) is 2.39. The highest BCUT2D eigenvalue weighted by molar-refractivity contribution is 6.34. The fraction of sp³-hybridized carbons (Fsp3) is 0.273. The highest BCUT2D eigenvalue weighted by Crippen LogP contribution is 2.29. The van der Waals surface area contributed by atoms with Crippen molar-refractivity contribution in [3.05, 3.63) is 76.4 Å². The minimum absolute atomic E-state index is 0.127. The van der Waals surface area contributed by atoms with Crippen LogP contribution in [0.2, 0.25) is 5.02 Å². The van der Waals surface area contributed by atoms with Gasteiger partial charge in [-0.2, -0.15) is 5.10 Å². The molecule has 156 valence electrons. The Bertz CT molecular complexity index is 1080. The summed E-state index contributed by atoms with van der Waals surface area (Å²) in [5.74, 6) is -2.20. The van der Waals surface area contributed by atoms with E-state index in [1.165, 1.54) is 6.07 Å². The molecule has 1 fully saturated rings. The van der Waals surface area contributed by atoms with Crippen molar-refractivity contribution >= 4 is 17.5 Å². The summed E-state index contributed by atoms with van der Waals surface area (Å²) in [7, 11) is 1.83. The summed E-state index contributed by atoms with van der Waals surface area (Å²) in [4.78, 5) is 12.9. The summed E-state index contributed by atoms with van der Waals surface area (Å²) in [5.41, 5.74) is 2.77. The van der Waals surface area contributed by atoms with Gasteiger partial charge in [0.1, 0.15) is 0 Å². The summed E-state index contributed by atoms with van der Waals surface area (Å²) in [6.45, 7) is 1.26. The predicted molar refractivity (Wildman–Crippen MR) is 111 cm³/mol. The smallest absolute Gasteiger partial charge is 0.253 e. The molecule has 2 heterocycles. The first kappa shape index (κ1) is 20.5. The van der Waals surface area contributed by atoms with E-state index in [4.69, 9.17) is 11.6 Å². The third kappa shape index (κ3) is 4.08. The van der Waals surface area contributed by atoms with E-state index >= 15 is 0 Å². The van der Waals surface area contributed by atoms with Crippen LogP contribution in [0.15, 0.2) is 48.7 Å². The van der Waals surface area contributed by atoms with E-state index in [-0.39, 0.29) is 17.9 Å². The molecule has 2 N–H and O–H groups in total. The molecule has 0 spiro atoms. The molecule has 1 saturated heterocycles. The fourth-order valence-electron chi connectivity index (χ4n) is 3.91. The van der Waals surface area contributed by atoms with Crippen LogP contribution in [0.25, 0.3) is 11.3 Å². The van der Waals surface area contributed by atoms with Gasteiger partial charge < -0.3 is 10.6 Å². The van der Waals surface area contributed by atoms with E-state index in [0.29, 0.717) is 29.1 Å². The van der Waals surface area contributed by atoms with Crippen molar-refractivity contribution in [1.29, 1.82) is 0 Å². The SMILES string of the molecule is Cn1nccc1-c1ccc(C(=O)N[C@@H]2CNCC[C@H]2c2ccc(F)c(F)c2)c(Cl)c1. The number of hydrogen-bond donors (Lipinski definition) is 2. The van der Waals surface area contributed by atoms with Crippen molar-refractivity contribution in [2.75, 3.05) is 13.1 Å². The number of hydrogen-bond acceptors (Lipinski definition) is 3. The van der Waals surface area contributed by atoms with E-state index < -0.39 is 11.6 Å². The van der Waals surface area contributed by atoms with Gasteiger partial charge >= 0.3 is 0 Å². The van der Waals surface area contributed by atoms with Crippen molar-refractivity contribution in [2.45, 2.75) is 18.4 Å². The zero-order valence-electron chi connectivity index (χ0n) is 16.3. The van der Waals surface area contributed by atoms with Crippen LogP contribution in [0.3, 0.4) is 0 Å². The van der Waals surface area contributed by atoms with Gasteiger partial charge in [0.25, 0.3) is 5.91 Å². The van der Waals surface area contributed by atoms with E-state index in [1.807, 2.05) is 19.2 Å². The molecule has 0 aliphatic carbocycles. The van der Waals surface area contributed by atoms with E-state index in [1.54, 1.807) is 29.1 Å². The normalized spacial score (nSPS) is 18.9. The molecule has 0 saturated carbocycles. The molecular weight excluding hydrogens is 410 g/mol. The van der Waals surface area contributed by atoms with Crippen molar-refractivity contribution in [2.24, 2.45) is 7.05 Å². The largest absolute Gasteiger partial charge is 0.347 e. The molecule has 1 aromatic heterocycles. The topological polar surface area (TPSA) is 59.0 Å². The molecule has 2 aromatic carbocycles. The maximum atomic E-state index is 13.7. The number of aryl methyl sites for hydroxylation is 1. The lowest BCUT2D eigenvalue weighted by Crippen LogP contribution is -2.50. The van der Waals surface area contributed by atoms with Crippen molar-refractivity contribution in [1.82, 2.24) is 20.4 Å². The number of nitrogens with zero attached hydrogens (tertiary/aromatic N) is 2. The summed E-state index contributed by atoms with van der Waals surface area (Å²) >= 11 is 6.41. The van der Waals surface area contributed by atoms with Crippen LogP contribution in [-0.2, 0) is 7.05 Å². The maximum Gasteiger partial charge on any atom is 0.253 e. The molecule has 1 aliphatic heterocycles. The predicted octanol–water partition coefficient (Wildman–Crippen LogP) is 3.89. The molecular formula is C22H21ClF2N4O. The van der Waals surface area contributed by atoms with Gasteiger partial charge in [-0.15, -0.1) is 0 Å². The quantitative estimate of drug-likeness (QED) is 0.660. The number of carbonyl (C=O) groups excluding carboxylic acids is 1. The second-order valence-electron chi connectivity index (χ2n) is 7.39. The van der Waals surface area contributed by atoms with Crippen molar-refractivity contribution < 1.29 is 13.6 Å². The molecule has 5 nitrogen and oxygen atoms in total. The molecule has 0 unspecified atom stereocenters. The van der Waals surface area contributed by atoms with Gasteiger partial charge in [-0.1, -0.05) is 23.7 Å². The number of nitrogens with one attached hydrogen (secondary N) is 2. The zero-order chi connectivity index (χ0) is 21.3. The average molecular weight is 431 g/mol. The Kier molecular flexibility index (Phi) is 5.83. The van der Waals surface area contributed by atoms with Gasteiger partial charge in [-0.25, -0.2) is 8.78 Å². The van der Waals surface area contributed by atoms with Crippen molar-refractivity contribution in [3.8, 4) is 11.3 Å². The van der Waals surface area contributed by atoms with Crippen LogP contribution in [0.1, 0.15) is 28.3 Å². The summed E-state index contributed by atoms with van der Waals surface area (Å²) < 4.78 is 28.8. The number of carbonyl (C=O) groups is 1. The first-order valence-corrected chi connectivity index (χ1v) is 10.1. The van der Waals surface area contributed by atoms with E-state index in [0.717, 1.165) is 23.9 Å². The number of halogens is 3. The third-order valence-corrected chi connectivity index (χ3v) is 5.81. The van der Waals surface area contributed by atoms with E-state index in [2.05, 4.69) is 15.7 Å². The van der Waals surface area contributed by atoms with Crippen LogP contribution in [0.4, 0.5) is 8.78 Å². The number of rotatable bonds is 4. The molecule has 0 bridgehead atoms. The van der Waals surface area contributed by atoms with Gasteiger partial charge in [0.2, 0.25) is 0 Å². The molecule has 4 rings (SSSR count). The van der Waals surface area contributed by atoms with Crippen LogP contribution >= 0.6 is 11.6 Å². The average Bonchev–Trinajstić information content (AvgIpc) is 3.16. The second kappa shape index (κ2) is 8.53. The minimum Gasteiger partial charge on any atom is -0.347 e. The van der Waals surface area contributed by atoms with Crippen LogP contribution in [-0.4, -0.2) is 34.8 Å². The molecule has 30 heavy (non-hydrogen) atoms. The molecule has 1 aliphatic rings. The fourth-order valence-corrected chi connectivity index (χ4v) is 4.18. The number of piperidine rings is 1. The molecule has 3 aromatic rings. The van der Waals surface area contributed by atoms with E-state index in [9.17, 15) is 13.6 Å². The Hall–Kier alpha value is -2.77. The Morgan fingerprint density at radius 1 is 1.20 bits per heavy atom. The number of benzene rings is 2. The standard InChI is InChI=1S/C22H21ClF2N4O/c1-29-21(7-9-27-29)14-2-4-16(17(23)10-14)22(30)28-20-12-26-8-6-15(20)13-3-5-18(24)19(25)11-13/h2-5,7,9-11,15,20,26H,6,8,12H2,1H3,(H,28,30)/t15-,20+/m0/s1. The van der Waals surface area contributed by atoms with Crippen LogP contribution in [0, 0.1) is 11.6 Å². The van der Waals surface area contributed by atoms with Gasteiger partial charge in [0, 0.05) is 37.3 Å². The Labute approximate surface area is 178 Å². The lowest BCUT2D eigenvalue weighted by Gasteiger charge is -2.33. The summed E-state index contributed by atoms with van der Waals surface area (Å²) in [5, 5.41) is 10.7. The highest BCUT2D eigenvalue weighted by Gasteiger charge is 2.29. The van der Waals surface area contributed by atoms with Gasteiger partial charge in [-0.05, 0) is 48.9 Å². The Balaban J connectivity index is 1.54. The maximum absolute atomic E-state index is 13.7. The molecule has 8 heteroatoms. The first-order valence-electron chi connectivity index (χ1n) is 9.68. The van der Waals surface area contributed by atoms with Gasteiger partial charge in [0.15, 0.2) is 11.6 Å². The Morgan fingerprint density at radius 2 is 2.03 bits per heavy atom. The van der Waals surface area contributed by atoms with Crippen LogP contribution < -0.4 is 10.6 Å². The molecule has 2 atom stereocenters. The minimum atomic E-state index is -0.884. The Morgan fingerprint density at radius 3 is 2.73 bits per heavy atom. The second-order valence-corrected chi connectivity index (χ2v) is 7.79. The third-order valence-electron chi connectivity index (χ3n) is 5.50. The number of amides is 1. The highest BCUT2D eigenvalue weighted by atomic mass is 35.5. The van der Waals surface area contributed by atoms with Crippen LogP contribution in [0.5, 0.6) is 0 Å². The number of aromatic nitrogens is 2. The zero-order valence-corrected chi connectivity index (χ0v) is 17.1.